The van der Waals surface area contributed by atoms with E-state index in [1.54, 1.807) is 0 Å². The Morgan fingerprint density at radius 2 is 1.48 bits per heavy atom. The smallest absolute Gasteiger partial charge is 0.146 e. The van der Waals surface area contributed by atoms with Crippen LogP contribution in [0.5, 0.6) is 0 Å². The van der Waals surface area contributed by atoms with Crippen LogP contribution < -0.4 is 5.32 Å². The summed E-state index contributed by atoms with van der Waals surface area (Å²) in [7, 11) is 0. The number of carbonyl (C=O) groups is 1. The third-order valence-electron chi connectivity index (χ3n) is 3.81. The summed E-state index contributed by atoms with van der Waals surface area (Å²) in [6.07, 6.45) is 1.06. The topological polar surface area (TPSA) is 130 Å². The van der Waals surface area contributed by atoms with Crippen molar-refractivity contribution >= 4 is 5.78 Å². The second-order valence-corrected chi connectivity index (χ2v) is 5.99. The Kier molecular flexibility index (Phi) is 13.5. The van der Waals surface area contributed by atoms with E-state index in [2.05, 4.69) is 12.2 Å². The average molecular weight is 335 g/mol. The Morgan fingerprint density at radius 1 is 0.913 bits per heavy atom. The number of carbonyl (C=O) groups excluding carboxylic acids is 1. The molecular weight excluding hydrogens is 302 g/mol. The maximum Gasteiger partial charge on any atom is 0.146 e. The van der Waals surface area contributed by atoms with E-state index >= 15 is 0 Å². The molecule has 0 radical (unpaired) electrons. The van der Waals surface area contributed by atoms with E-state index < -0.39 is 31.0 Å². The standard InChI is InChI=1S/C16H33NO6/c1-2-3-4-5-6-7-8-12(19)9-17-10-13(20)15(22)16(23)14(21)11-18/h13-18,20-23H,2-11H2,1H3/t13-,14+,15+,16+/m0/s1. The summed E-state index contributed by atoms with van der Waals surface area (Å²) >= 11 is 0. The second kappa shape index (κ2) is 13.8. The lowest BCUT2D eigenvalue weighted by atomic mass is 10.0. The van der Waals surface area contributed by atoms with Crippen molar-refractivity contribution in [3.8, 4) is 0 Å². The number of rotatable bonds is 15. The minimum Gasteiger partial charge on any atom is -0.394 e. The summed E-state index contributed by atoms with van der Waals surface area (Å²) in [5, 5.41) is 49.3. The second-order valence-electron chi connectivity index (χ2n) is 5.99. The zero-order chi connectivity index (χ0) is 17.7. The highest BCUT2D eigenvalue weighted by atomic mass is 16.4. The molecule has 23 heavy (non-hydrogen) atoms. The van der Waals surface area contributed by atoms with E-state index in [1.807, 2.05) is 0 Å². The average Bonchev–Trinajstić information content (AvgIpc) is 2.55. The Morgan fingerprint density at radius 3 is 2.09 bits per heavy atom. The summed E-state index contributed by atoms with van der Waals surface area (Å²) in [4.78, 5) is 11.6. The van der Waals surface area contributed by atoms with Crippen LogP contribution in [0.25, 0.3) is 0 Å². The first-order valence-electron chi connectivity index (χ1n) is 8.49. The fourth-order valence-corrected chi connectivity index (χ4v) is 2.23. The van der Waals surface area contributed by atoms with E-state index in [0.29, 0.717) is 6.42 Å². The van der Waals surface area contributed by atoms with Crippen molar-refractivity contribution < 1.29 is 30.3 Å². The van der Waals surface area contributed by atoms with Gasteiger partial charge in [0.1, 0.15) is 24.1 Å². The van der Waals surface area contributed by atoms with Crippen LogP contribution in [0, 0.1) is 0 Å². The molecule has 7 nitrogen and oxygen atoms in total. The summed E-state index contributed by atoms with van der Waals surface area (Å²) in [5.74, 6) is 0.0399. The van der Waals surface area contributed by atoms with Crippen molar-refractivity contribution in [1.82, 2.24) is 5.32 Å². The van der Waals surface area contributed by atoms with Crippen molar-refractivity contribution in [2.45, 2.75) is 76.3 Å². The van der Waals surface area contributed by atoms with Crippen LogP contribution in [0.15, 0.2) is 0 Å². The fourth-order valence-electron chi connectivity index (χ4n) is 2.23. The molecule has 0 aliphatic rings. The van der Waals surface area contributed by atoms with Gasteiger partial charge in [-0.15, -0.1) is 0 Å². The van der Waals surface area contributed by atoms with Crippen LogP contribution in [0.1, 0.15) is 51.9 Å². The first kappa shape index (κ1) is 22.4. The van der Waals surface area contributed by atoms with Gasteiger partial charge < -0.3 is 30.8 Å². The van der Waals surface area contributed by atoms with Crippen LogP contribution in [0.2, 0.25) is 0 Å². The molecule has 0 amide bonds. The molecule has 0 saturated carbocycles. The van der Waals surface area contributed by atoms with Crippen molar-refractivity contribution in [3.05, 3.63) is 0 Å². The third kappa shape index (κ3) is 10.8. The Balaban J connectivity index is 3.73. The number of unbranched alkanes of at least 4 members (excludes halogenated alkanes) is 5. The van der Waals surface area contributed by atoms with E-state index in [9.17, 15) is 25.2 Å². The molecule has 7 heteroatoms. The number of nitrogens with one attached hydrogen (secondary N) is 1. The predicted octanol–water partition coefficient (Wildman–Crippen LogP) is -0.668. The van der Waals surface area contributed by atoms with Gasteiger partial charge in [0.25, 0.3) is 0 Å². The highest BCUT2D eigenvalue weighted by Crippen LogP contribution is 2.07. The number of hydrogen-bond acceptors (Lipinski definition) is 7. The Bertz CT molecular complexity index is 302. The molecule has 0 bridgehead atoms. The monoisotopic (exact) mass is 335 g/mol. The maximum atomic E-state index is 11.6. The van der Waals surface area contributed by atoms with Crippen LogP contribution in [-0.2, 0) is 4.79 Å². The van der Waals surface area contributed by atoms with E-state index in [4.69, 9.17) is 5.11 Å². The molecule has 0 spiro atoms. The summed E-state index contributed by atoms with van der Waals surface area (Å²) < 4.78 is 0. The molecule has 138 valence electrons. The molecule has 0 heterocycles. The molecule has 6 N–H and O–H groups in total. The van der Waals surface area contributed by atoms with Crippen LogP contribution in [-0.4, -0.2) is 75.4 Å². The molecule has 0 rings (SSSR count). The minimum absolute atomic E-state index is 0.0399. The van der Waals surface area contributed by atoms with Crippen molar-refractivity contribution in [2.24, 2.45) is 0 Å². The Hall–Kier alpha value is -0.570. The fraction of sp³-hybridized carbons (Fsp3) is 0.938. The van der Waals surface area contributed by atoms with Gasteiger partial charge in [0, 0.05) is 13.0 Å². The molecule has 0 aliphatic carbocycles. The molecular formula is C16H33NO6. The van der Waals surface area contributed by atoms with Crippen molar-refractivity contribution in [3.63, 3.8) is 0 Å². The molecule has 0 aromatic heterocycles. The SMILES string of the molecule is CCCCCCCCC(=O)CNC[C@H](O)[C@@H](O)[C@H](O)[C@H](O)CO. The summed E-state index contributed by atoms with van der Waals surface area (Å²) in [6, 6.07) is 0. The lowest BCUT2D eigenvalue weighted by Gasteiger charge is -2.25. The first-order chi connectivity index (χ1) is 10.9. The Labute approximate surface area is 138 Å². The van der Waals surface area contributed by atoms with Gasteiger partial charge in [0.2, 0.25) is 0 Å². The van der Waals surface area contributed by atoms with Gasteiger partial charge in [0.15, 0.2) is 0 Å². The predicted molar refractivity (Wildman–Crippen MR) is 87.0 cm³/mol. The molecule has 0 aromatic rings. The van der Waals surface area contributed by atoms with Crippen LogP contribution in [0.3, 0.4) is 0 Å². The maximum absolute atomic E-state index is 11.6. The molecule has 4 atom stereocenters. The van der Waals surface area contributed by atoms with Crippen molar-refractivity contribution in [1.29, 1.82) is 0 Å². The quantitative estimate of drug-likeness (QED) is 0.219. The van der Waals surface area contributed by atoms with Gasteiger partial charge in [-0.1, -0.05) is 39.0 Å². The van der Waals surface area contributed by atoms with Gasteiger partial charge in [-0.05, 0) is 6.42 Å². The summed E-state index contributed by atoms with van der Waals surface area (Å²) in [6.45, 7) is 1.45. The molecule has 0 fully saturated rings. The van der Waals surface area contributed by atoms with Gasteiger partial charge >= 0.3 is 0 Å². The largest absolute Gasteiger partial charge is 0.394 e. The molecule has 0 aliphatic heterocycles. The van der Waals surface area contributed by atoms with Gasteiger partial charge in [-0.25, -0.2) is 0 Å². The minimum atomic E-state index is -1.64. The number of Topliss-reactive ketones (excluding diaryl/α,β-unsaturated/α-hetero) is 1. The number of aliphatic hydroxyl groups excluding tert-OH is 5. The first-order valence-corrected chi connectivity index (χ1v) is 8.49. The molecule has 0 saturated heterocycles. The van der Waals surface area contributed by atoms with E-state index in [0.717, 1.165) is 19.3 Å². The van der Waals surface area contributed by atoms with Crippen LogP contribution >= 0.6 is 0 Å². The number of aliphatic hydroxyl groups is 5. The van der Waals surface area contributed by atoms with Crippen LogP contribution in [0.4, 0.5) is 0 Å². The van der Waals surface area contributed by atoms with E-state index in [1.165, 1.54) is 19.3 Å². The van der Waals surface area contributed by atoms with E-state index in [-0.39, 0.29) is 18.9 Å². The lowest BCUT2D eigenvalue weighted by molar-refractivity contribution is -0.120. The zero-order valence-electron chi connectivity index (χ0n) is 14.0. The number of hydrogen-bond donors (Lipinski definition) is 6. The molecule has 0 aromatic carbocycles. The number of ketones is 1. The van der Waals surface area contributed by atoms with Gasteiger partial charge in [0.05, 0.1) is 19.3 Å². The van der Waals surface area contributed by atoms with Gasteiger partial charge in [-0.2, -0.15) is 0 Å². The third-order valence-corrected chi connectivity index (χ3v) is 3.81. The normalized spacial score (nSPS) is 16.8. The summed E-state index contributed by atoms with van der Waals surface area (Å²) in [5.41, 5.74) is 0. The van der Waals surface area contributed by atoms with Gasteiger partial charge in [-0.3, -0.25) is 4.79 Å². The molecule has 0 unspecified atom stereocenters. The van der Waals surface area contributed by atoms with Crippen molar-refractivity contribution in [2.75, 3.05) is 19.7 Å². The highest BCUT2D eigenvalue weighted by molar-refractivity contribution is 5.80. The zero-order valence-corrected chi connectivity index (χ0v) is 14.0. The lowest BCUT2D eigenvalue weighted by Crippen LogP contribution is -2.49. The highest BCUT2D eigenvalue weighted by Gasteiger charge is 2.29.